The van der Waals surface area contributed by atoms with Crippen LogP contribution in [-0.2, 0) is 5.92 Å². The quantitative estimate of drug-likeness (QED) is 0.214. The summed E-state index contributed by atoms with van der Waals surface area (Å²) in [4.78, 5) is 27.7. The molecule has 0 saturated carbocycles. The normalized spacial score (nSPS) is 11.7. The highest BCUT2D eigenvalue weighted by Crippen LogP contribution is 2.48. The number of hydrogen-bond donors (Lipinski definition) is 2. The molecule has 0 spiro atoms. The number of carbonyl (C=O) groups is 2. The van der Waals surface area contributed by atoms with E-state index in [1.54, 1.807) is 5.32 Å². The molecule has 2 aromatic carbocycles. The van der Waals surface area contributed by atoms with Gasteiger partial charge in [0.05, 0.1) is 10.0 Å². The van der Waals surface area contributed by atoms with Gasteiger partial charge >= 0.3 is 16.5 Å². The summed E-state index contributed by atoms with van der Waals surface area (Å²) < 4.78 is 70.2. The third kappa shape index (κ3) is 6.47. The number of alkyl halides is 5. The van der Waals surface area contributed by atoms with Crippen LogP contribution in [0.5, 0.6) is 11.6 Å². The zero-order valence-electron chi connectivity index (χ0n) is 17.5. The zero-order chi connectivity index (χ0) is 27.7. The van der Waals surface area contributed by atoms with Gasteiger partial charge in [-0.1, -0.05) is 64.1 Å². The number of halogens is 10. The average molecular weight is 624 g/mol. The van der Waals surface area contributed by atoms with E-state index < -0.39 is 56.1 Å². The molecule has 0 unspecified atom stereocenters. The Morgan fingerprint density at radius 3 is 2.00 bits per heavy atom. The first kappa shape index (κ1) is 29.0. The Kier molecular flexibility index (Phi) is 8.65. The first-order valence-electron chi connectivity index (χ1n) is 9.45. The molecule has 3 aromatic rings. The molecule has 196 valence electrons. The van der Waals surface area contributed by atoms with Crippen LogP contribution in [0, 0.1) is 11.6 Å². The molecular weight excluding hydrogens is 615 g/mol. The lowest BCUT2D eigenvalue weighted by Crippen LogP contribution is -2.35. The van der Waals surface area contributed by atoms with E-state index in [4.69, 9.17) is 62.7 Å². The van der Waals surface area contributed by atoms with Crippen molar-refractivity contribution in [2.45, 2.75) is 10.5 Å². The minimum absolute atomic E-state index is 0.0841. The van der Waals surface area contributed by atoms with E-state index in [1.165, 1.54) is 0 Å². The number of urea groups is 1. The number of aromatic nitrogens is 1. The molecule has 0 aliphatic carbocycles. The molecule has 1 aromatic heterocycles. The van der Waals surface area contributed by atoms with Crippen LogP contribution in [0.2, 0.25) is 15.1 Å². The van der Waals surface area contributed by atoms with Crippen LogP contribution in [-0.4, -0.2) is 21.5 Å². The van der Waals surface area contributed by atoms with E-state index in [9.17, 15) is 31.5 Å². The number of rotatable bonds is 6. The molecule has 0 aliphatic heterocycles. The summed E-state index contributed by atoms with van der Waals surface area (Å²) in [6.07, 6.45) is 0.512. The van der Waals surface area contributed by atoms with Crippen LogP contribution in [0.15, 0.2) is 42.6 Å². The van der Waals surface area contributed by atoms with Gasteiger partial charge in [-0.2, -0.15) is 8.78 Å². The number of imide groups is 1. The maximum atomic E-state index is 14.0. The molecule has 1 heterocycles. The number of nitrogens with one attached hydrogen (secondary N) is 2. The lowest BCUT2D eigenvalue weighted by atomic mass is 10.1. The van der Waals surface area contributed by atoms with Crippen molar-refractivity contribution in [3.63, 3.8) is 0 Å². The minimum atomic E-state index is -4.37. The molecule has 0 saturated heterocycles. The molecule has 0 atom stereocenters. The number of hydrogen-bond acceptors (Lipinski definition) is 4. The second-order valence-electron chi connectivity index (χ2n) is 6.96. The Bertz CT molecular complexity index is 1350. The fourth-order valence-corrected chi connectivity index (χ4v) is 3.69. The number of pyridine rings is 1. The van der Waals surface area contributed by atoms with E-state index in [1.807, 2.05) is 0 Å². The van der Waals surface area contributed by atoms with E-state index >= 15 is 0 Å². The van der Waals surface area contributed by atoms with E-state index in [0.717, 1.165) is 30.3 Å². The van der Waals surface area contributed by atoms with Gasteiger partial charge in [0, 0.05) is 17.4 Å². The maximum absolute atomic E-state index is 14.0. The lowest BCUT2D eigenvalue weighted by Gasteiger charge is -2.22. The predicted octanol–water partition coefficient (Wildman–Crippen LogP) is 8.27. The molecular formula is C21H9Cl5F5N3O3. The van der Waals surface area contributed by atoms with Crippen molar-refractivity contribution in [3.8, 4) is 11.6 Å². The number of amides is 3. The summed E-state index contributed by atoms with van der Waals surface area (Å²) >= 11 is 27.8. The van der Waals surface area contributed by atoms with Crippen molar-refractivity contribution in [2.75, 3.05) is 5.32 Å². The summed E-state index contributed by atoms with van der Waals surface area (Å²) in [6, 6.07) is 4.33. The van der Waals surface area contributed by atoms with Crippen molar-refractivity contribution in [1.29, 1.82) is 0 Å². The zero-order valence-corrected chi connectivity index (χ0v) is 21.3. The molecule has 0 bridgehead atoms. The van der Waals surface area contributed by atoms with Crippen molar-refractivity contribution in [2.24, 2.45) is 0 Å². The Labute approximate surface area is 229 Å². The summed E-state index contributed by atoms with van der Waals surface area (Å²) in [7, 11) is 0. The Balaban J connectivity index is 1.76. The lowest BCUT2D eigenvalue weighted by molar-refractivity contribution is -0.0653. The number of carbonyl (C=O) groups excluding carboxylic acids is 2. The number of ether oxygens (including phenoxy) is 1. The molecule has 37 heavy (non-hydrogen) atoms. The van der Waals surface area contributed by atoms with Crippen LogP contribution < -0.4 is 15.4 Å². The molecule has 2 N–H and O–H groups in total. The van der Waals surface area contributed by atoms with Crippen molar-refractivity contribution in [3.05, 3.63) is 80.4 Å². The van der Waals surface area contributed by atoms with Gasteiger partial charge in [-0.25, -0.2) is 22.9 Å². The summed E-state index contributed by atoms with van der Waals surface area (Å²) in [5.74, 6) is -8.83. The van der Waals surface area contributed by atoms with Gasteiger partial charge in [-0.05, 0) is 30.3 Å². The topological polar surface area (TPSA) is 80.3 Å². The number of nitrogens with zero attached hydrogens (tertiary/aromatic N) is 1. The molecule has 0 fully saturated rings. The summed E-state index contributed by atoms with van der Waals surface area (Å²) in [6.45, 7) is 0. The fourth-order valence-electron chi connectivity index (χ4n) is 2.70. The first-order valence-corrected chi connectivity index (χ1v) is 11.3. The molecule has 16 heteroatoms. The number of anilines is 1. The fraction of sp³-hybridized carbons (Fsp3) is 0.0952. The average Bonchev–Trinajstić information content (AvgIpc) is 2.76. The van der Waals surface area contributed by atoms with Gasteiger partial charge < -0.3 is 10.1 Å². The standard InChI is InChI=1S/C21H9Cl5F5N3O3/c22-10-5-9(33-19(36)34-17(35)15-13(27)2-1-3-14(15)28)6-11(23)16(10)37-18-12(24)4-8(7-32-18)20(29,30)21(25,26)31/h1-7H,(H2,33,34,35,36). The van der Waals surface area contributed by atoms with Crippen LogP contribution in [0.4, 0.5) is 32.4 Å². The third-order valence-electron chi connectivity index (χ3n) is 4.40. The van der Waals surface area contributed by atoms with E-state index in [-0.39, 0.29) is 21.5 Å². The molecule has 6 nitrogen and oxygen atoms in total. The van der Waals surface area contributed by atoms with E-state index in [2.05, 4.69) is 10.3 Å². The van der Waals surface area contributed by atoms with Gasteiger partial charge in [0.15, 0.2) is 5.75 Å². The van der Waals surface area contributed by atoms with Crippen molar-refractivity contribution >= 4 is 75.6 Å². The minimum Gasteiger partial charge on any atom is -0.434 e. The Morgan fingerprint density at radius 1 is 0.919 bits per heavy atom. The Hall–Kier alpha value is -2.57. The molecule has 0 aliphatic rings. The van der Waals surface area contributed by atoms with Crippen LogP contribution >= 0.6 is 58.0 Å². The third-order valence-corrected chi connectivity index (χ3v) is 5.70. The van der Waals surface area contributed by atoms with Gasteiger partial charge in [0.2, 0.25) is 5.88 Å². The summed E-state index contributed by atoms with van der Waals surface area (Å²) in [5.41, 5.74) is -2.11. The van der Waals surface area contributed by atoms with Crippen LogP contribution in [0.25, 0.3) is 0 Å². The predicted molar refractivity (Wildman–Crippen MR) is 128 cm³/mol. The Morgan fingerprint density at radius 2 is 1.49 bits per heavy atom. The highest BCUT2D eigenvalue weighted by molar-refractivity contribution is 6.47. The monoisotopic (exact) mass is 621 g/mol. The van der Waals surface area contributed by atoms with Crippen LogP contribution in [0.1, 0.15) is 15.9 Å². The van der Waals surface area contributed by atoms with E-state index in [0.29, 0.717) is 12.3 Å². The molecule has 0 radical (unpaired) electrons. The van der Waals surface area contributed by atoms with Gasteiger partial charge in [0.25, 0.3) is 5.91 Å². The SMILES string of the molecule is O=C(NC(=O)c1c(F)cccc1F)Nc1cc(Cl)c(Oc2ncc(C(F)(F)C(F)(Cl)Cl)cc2Cl)c(Cl)c1. The first-order chi connectivity index (χ1) is 17.1. The van der Waals surface area contributed by atoms with Crippen molar-refractivity contribution in [1.82, 2.24) is 10.3 Å². The van der Waals surface area contributed by atoms with Crippen LogP contribution in [0.3, 0.4) is 0 Å². The van der Waals surface area contributed by atoms with Gasteiger partial charge in [0.1, 0.15) is 22.2 Å². The second-order valence-corrected chi connectivity index (χ2v) is 9.42. The largest absolute Gasteiger partial charge is 0.434 e. The highest BCUT2D eigenvalue weighted by Gasteiger charge is 2.54. The summed E-state index contributed by atoms with van der Waals surface area (Å²) in [5, 5.41) is 2.91. The van der Waals surface area contributed by atoms with Crippen molar-refractivity contribution < 1.29 is 36.3 Å². The molecule has 3 amide bonds. The second kappa shape index (κ2) is 11.0. The smallest absolute Gasteiger partial charge is 0.336 e. The maximum Gasteiger partial charge on any atom is 0.336 e. The van der Waals surface area contributed by atoms with Gasteiger partial charge in [-0.15, -0.1) is 0 Å². The number of benzene rings is 2. The highest BCUT2D eigenvalue weighted by atomic mass is 35.5. The molecule has 3 rings (SSSR count). The van der Waals surface area contributed by atoms with Gasteiger partial charge in [-0.3, -0.25) is 10.1 Å².